The van der Waals surface area contributed by atoms with E-state index >= 15 is 0 Å². The van der Waals surface area contributed by atoms with Crippen molar-refractivity contribution in [1.29, 1.82) is 0 Å². The van der Waals surface area contributed by atoms with Crippen molar-refractivity contribution in [3.63, 3.8) is 0 Å². The third kappa shape index (κ3) is 4.18. The fourth-order valence-electron chi connectivity index (χ4n) is 1.32. The molecule has 94 valence electrons. The molecule has 0 amide bonds. The van der Waals surface area contributed by atoms with Crippen molar-refractivity contribution < 1.29 is 17.7 Å². The molecule has 0 aliphatic heterocycles. The van der Waals surface area contributed by atoms with Crippen LogP contribution in [0.5, 0.6) is 5.75 Å². The van der Waals surface area contributed by atoms with Crippen LogP contribution in [0.2, 0.25) is 0 Å². The first-order chi connectivity index (χ1) is 7.94. The maximum absolute atomic E-state index is 10.6. The van der Waals surface area contributed by atoms with Gasteiger partial charge in [-0.3, -0.25) is 9.27 Å². The molecule has 7 heteroatoms. The monoisotopic (exact) mass is 321 g/mol. The van der Waals surface area contributed by atoms with Gasteiger partial charge in [0.05, 0.1) is 16.8 Å². The molecule has 0 radical (unpaired) electrons. The first kappa shape index (κ1) is 12.7. The third-order valence-electron chi connectivity index (χ3n) is 2.35. The summed E-state index contributed by atoms with van der Waals surface area (Å²) in [5, 5.41) is 0. The largest absolute Gasteiger partial charge is 0.492 e. The fourth-order valence-corrected chi connectivity index (χ4v) is 2.24. The summed E-state index contributed by atoms with van der Waals surface area (Å²) in [4.78, 5) is 0. The molecule has 1 aliphatic rings. The number of anilines is 1. The molecule has 1 aromatic rings. The number of halogens is 1. The SMILES string of the molecule is O=S(=O)(O)Nc1ccc(OCC2CC2)c(Br)c1. The highest BCUT2D eigenvalue weighted by molar-refractivity contribution is 9.10. The average molecular weight is 322 g/mol. The van der Waals surface area contributed by atoms with E-state index in [1.807, 2.05) is 4.72 Å². The summed E-state index contributed by atoms with van der Waals surface area (Å²) in [6, 6.07) is 4.72. The molecule has 1 aromatic carbocycles. The van der Waals surface area contributed by atoms with Crippen LogP contribution in [0.4, 0.5) is 5.69 Å². The van der Waals surface area contributed by atoms with Crippen LogP contribution in [0, 0.1) is 5.92 Å². The molecule has 0 heterocycles. The topological polar surface area (TPSA) is 75.6 Å². The van der Waals surface area contributed by atoms with Crippen molar-refractivity contribution in [1.82, 2.24) is 0 Å². The Bertz CT molecular complexity index is 513. The van der Waals surface area contributed by atoms with Gasteiger partial charge in [-0.05, 0) is 52.9 Å². The predicted octanol–water partition coefficient (Wildman–Crippen LogP) is 2.45. The molecule has 0 bridgehead atoms. The van der Waals surface area contributed by atoms with Gasteiger partial charge in [0.15, 0.2) is 0 Å². The van der Waals surface area contributed by atoms with Gasteiger partial charge in [0, 0.05) is 0 Å². The van der Waals surface area contributed by atoms with E-state index < -0.39 is 10.3 Å². The van der Waals surface area contributed by atoms with Crippen molar-refractivity contribution >= 4 is 31.9 Å². The second-order valence-corrected chi connectivity index (χ2v) is 5.99. The zero-order valence-corrected chi connectivity index (χ0v) is 11.3. The lowest BCUT2D eigenvalue weighted by molar-refractivity contribution is 0.298. The maximum Gasteiger partial charge on any atom is 0.357 e. The second-order valence-electron chi connectivity index (χ2n) is 3.98. The zero-order chi connectivity index (χ0) is 12.5. The van der Waals surface area contributed by atoms with Crippen LogP contribution in [-0.4, -0.2) is 19.6 Å². The Morgan fingerprint density at radius 1 is 1.47 bits per heavy atom. The van der Waals surface area contributed by atoms with Gasteiger partial charge in [-0.2, -0.15) is 8.42 Å². The number of ether oxygens (including phenoxy) is 1. The van der Waals surface area contributed by atoms with E-state index in [-0.39, 0.29) is 5.69 Å². The first-order valence-corrected chi connectivity index (χ1v) is 7.35. The van der Waals surface area contributed by atoms with E-state index in [1.165, 1.54) is 25.0 Å². The average Bonchev–Trinajstić information content (AvgIpc) is 2.97. The Hall–Kier alpha value is -0.790. The van der Waals surface area contributed by atoms with Crippen LogP contribution in [0.15, 0.2) is 22.7 Å². The molecule has 1 aliphatic carbocycles. The molecule has 0 aromatic heterocycles. The van der Waals surface area contributed by atoms with Gasteiger partial charge < -0.3 is 4.74 Å². The summed E-state index contributed by atoms with van der Waals surface area (Å²) < 4.78 is 38.0. The van der Waals surface area contributed by atoms with Gasteiger partial charge in [0.25, 0.3) is 0 Å². The molecule has 17 heavy (non-hydrogen) atoms. The number of hydrogen-bond donors (Lipinski definition) is 2. The lowest BCUT2D eigenvalue weighted by atomic mass is 10.3. The molecule has 0 unspecified atom stereocenters. The number of benzene rings is 1. The highest BCUT2D eigenvalue weighted by Crippen LogP contribution is 2.33. The number of hydrogen-bond acceptors (Lipinski definition) is 3. The lowest BCUT2D eigenvalue weighted by Gasteiger charge is -2.09. The van der Waals surface area contributed by atoms with Crippen molar-refractivity contribution in [3.8, 4) is 5.75 Å². The van der Waals surface area contributed by atoms with Crippen LogP contribution in [0.25, 0.3) is 0 Å². The van der Waals surface area contributed by atoms with Crippen LogP contribution in [0.1, 0.15) is 12.8 Å². The van der Waals surface area contributed by atoms with Crippen molar-refractivity contribution in [3.05, 3.63) is 22.7 Å². The van der Waals surface area contributed by atoms with Gasteiger partial charge in [0.1, 0.15) is 5.75 Å². The van der Waals surface area contributed by atoms with E-state index in [0.717, 1.165) is 0 Å². The smallest absolute Gasteiger partial charge is 0.357 e. The Morgan fingerprint density at radius 3 is 2.71 bits per heavy atom. The Balaban J connectivity index is 2.04. The minimum Gasteiger partial charge on any atom is -0.492 e. The molecule has 1 fully saturated rings. The molecular weight excluding hydrogens is 310 g/mol. The van der Waals surface area contributed by atoms with E-state index in [1.54, 1.807) is 6.07 Å². The summed E-state index contributed by atoms with van der Waals surface area (Å²) in [7, 11) is -4.23. The standard InChI is InChI=1S/C10H12BrNO4S/c11-9-5-8(12-17(13,14)15)3-4-10(9)16-6-7-1-2-7/h3-5,7,12H,1-2,6H2,(H,13,14,15). The van der Waals surface area contributed by atoms with Crippen molar-refractivity contribution in [2.24, 2.45) is 5.92 Å². The number of nitrogens with one attached hydrogen (secondary N) is 1. The molecule has 1 saturated carbocycles. The van der Waals surface area contributed by atoms with Gasteiger partial charge in [-0.25, -0.2) is 0 Å². The highest BCUT2D eigenvalue weighted by atomic mass is 79.9. The predicted molar refractivity (Wildman–Crippen MR) is 67.5 cm³/mol. The molecular formula is C10H12BrNO4S. The van der Waals surface area contributed by atoms with Gasteiger partial charge >= 0.3 is 10.3 Å². The van der Waals surface area contributed by atoms with E-state index in [0.29, 0.717) is 22.7 Å². The minimum atomic E-state index is -4.23. The van der Waals surface area contributed by atoms with E-state index in [2.05, 4.69) is 15.9 Å². The van der Waals surface area contributed by atoms with Crippen molar-refractivity contribution in [2.45, 2.75) is 12.8 Å². The van der Waals surface area contributed by atoms with Crippen LogP contribution in [-0.2, 0) is 10.3 Å². The summed E-state index contributed by atoms with van der Waals surface area (Å²) in [6.07, 6.45) is 2.42. The normalized spacial score (nSPS) is 15.6. The van der Waals surface area contributed by atoms with Gasteiger partial charge in [-0.1, -0.05) is 0 Å². The van der Waals surface area contributed by atoms with Gasteiger partial charge in [0.2, 0.25) is 0 Å². The zero-order valence-electron chi connectivity index (χ0n) is 8.89. The van der Waals surface area contributed by atoms with Crippen molar-refractivity contribution in [2.75, 3.05) is 11.3 Å². The van der Waals surface area contributed by atoms with E-state index in [4.69, 9.17) is 9.29 Å². The highest BCUT2D eigenvalue weighted by Gasteiger charge is 2.22. The summed E-state index contributed by atoms with van der Waals surface area (Å²) in [5.41, 5.74) is 0.276. The molecule has 5 nitrogen and oxygen atoms in total. The first-order valence-electron chi connectivity index (χ1n) is 5.11. The lowest BCUT2D eigenvalue weighted by Crippen LogP contribution is -2.10. The maximum atomic E-state index is 10.6. The Morgan fingerprint density at radius 2 is 2.18 bits per heavy atom. The van der Waals surface area contributed by atoms with Crippen LogP contribution >= 0.6 is 15.9 Å². The molecule has 2 rings (SSSR count). The Kier molecular flexibility index (Phi) is 3.60. The summed E-state index contributed by atoms with van der Waals surface area (Å²) in [6.45, 7) is 0.684. The Labute approximate surface area is 108 Å². The summed E-state index contributed by atoms with van der Waals surface area (Å²) in [5.74, 6) is 1.32. The molecule has 0 spiro atoms. The quantitative estimate of drug-likeness (QED) is 0.817. The van der Waals surface area contributed by atoms with Crippen LogP contribution < -0.4 is 9.46 Å². The third-order valence-corrected chi connectivity index (χ3v) is 3.46. The van der Waals surface area contributed by atoms with Crippen LogP contribution in [0.3, 0.4) is 0 Å². The van der Waals surface area contributed by atoms with E-state index in [9.17, 15) is 8.42 Å². The minimum absolute atomic E-state index is 0.276. The summed E-state index contributed by atoms with van der Waals surface area (Å²) >= 11 is 3.28. The molecule has 2 N–H and O–H groups in total. The molecule has 0 atom stereocenters. The van der Waals surface area contributed by atoms with Gasteiger partial charge in [-0.15, -0.1) is 0 Å². The number of rotatable bonds is 5. The fraction of sp³-hybridized carbons (Fsp3) is 0.400. The molecule has 0 saturated heterocycles. The second kappa shape index (κ2) is 4.83.